The molecule has 0 bridgehead atoms. The van der Waals surface area contributed by atoms with Gasteiger partial charge in [0.1, 0.15) is 5.82 Å². The summed E-state index contributed by atoms with van der Waals surface area (Å²) in [5.41, 5.74) is 1.77. The second-order valence-corrected chi connectivity index (χ2v) is 6.48. The maximum absolute atomic E-state index is 5.72. The van der Waals surface area contributed by atoms with Gasteiger partial charge in [0.2, 0.25) is 5.88 Å². The molecule has 0 fully saturated rings. The van der Waals surface area contributed by atoms with E-state index in [4.69, 9.17) is 4.74 Å². The van der Waals surface area contributed by atoms with Crippen LogP contribution < -0.4 is 15.4 Å². The van der Waals surface area contributed by atoms with E-state index in [0.29, 0.717) is 17.5 Å². The Hall–Kier alpha value is -3.07. The van der Waals surface area contributed by atoms with E-state index in [1.54, 1.807) is 18.6 Å². The van der Waals surface area contributed by atoms with Crippen LogP contribution in [0.5, 0.6) is 11.6 Å². The predicted molar refractivity (Wildman–Crippen MR) is 101 cm³/mol. The minimum atomic E-state index is 0.468. The molecule has 0 saturated heterocycles. The van der Waals surface area contributed by atoms with Gasteiger partial charge in [0, 0.05) is 36.3 Å². The van der Waals surface area contributed by atoms with Gasteiger partial charge < -0.3 is 15.4 Å². The van der Waals surface area contributed by atoms with Crippen LogP contribution in [-0.4, -0.2) is 39.0 Å². The summed E-state index contributed by atoms with van der Waals surface area (Å²) in [4.78, 5) is 21.5. The van der Waals surface area contributed by atoms with Gasteiger partial charge in [0.05, 0.1) is 18.1 Å². The molecule has 4 rings (SSSR count). The highest BCUT2D eigenvalue weighted by Gasteiger charge is 2.10. The quantitative estimate of drug-likeness (QED) is 0.732. The van der Waals surface area contributed by atoms with Crippen molar-refractivity contribution in [2.24, 2.45) is 4.99 Å². The third kappa shape index (κ3) is 3.94. The van der Waals surface area contributed by atoms with Crippen LogP contribution in [0.4, 0.5) is 5.13 Å². The highest BCUT2D eigenvalue weighted by molar-refractivity contribution is 7.14. The Morgan fingerprint density at radius 3 is 2.92 bits per heavy atom. The molecule has 0 spiro atoms. The number of aryl methyl sites for hydroxylation is 1. The Morgan fingerprint density at radius 2 is 2.12 bits per heavy atom. The number of pyridine rings is 1. The van der Waals surface area contributed by atoms with Gasteiger partial charge in [-0.1, -0.05) is 0 Å². The standard InChI is InChI=1S/C17H17N7OS/c1-11-21-8-13(9-22-11)25-15-7-12(3-6-18-15)14-10-26-17(23-14)24-16-19-4-2-5-20-16/h3,6-10H,2,4-5H2,1H3,(H2,19,20,23,24). The average molecular weight is 367 g/mol. The van der Waals surface area contributed by atoms with Crippen molar-refractivity contribution in [1.29, 1.82) is 0 Å². The molecular formula is C17H17N7OS. The van der Waals surface area contributed by atoms with Gasteiger partial charge in [0.15, 0.2) is 16.8 Å². The molecule has 0 radical (unpaired) electrons. The number of aliphatic imine (C=N–C) groups is 1. The van der Waals surface area contributed by atoms with E-state index in [0.717, 1.165) is 41.9 Å². The number of rotatable bonds is 4. The van der Waals surface area contributed by atoms with E-state index in [9.17, 15) is 0 Å². The molecule has 0 atom stereocenters. The normalized spacial score (nSPS) is 13.7. The number of nitrogens with zero attached hydrogens (tertiary/aromatic N) is 5. The van der Waals surface area contributed by atoms with Gasteiger partial charge in [-0.25, -0.2) is 19.9 Å². The Bertz CT molecular complexity index is 923. The predicted octanol–water partition coefficient (Wildman–Crippen LogP) is 2.86. The lowest BCUT2D eigenvalue weighted by Gasteiger charge is -2.14. The first kappa shape index (κ1) is 16.4. The number of ether oxygens (including phenoxy) is 1. The fourth-order valence-corrected chi connectivity index (χ4v) is 3.08. The molecule has 26 heavy (non-hydrogen) atoms. The van der Waals surface area contributed by atoms with E-state index in [2.05, 4.69) is 35.6 Å². The van der Waals surface area contributed by atoms with Gasteiger partial charge in [-0.3, -0.25) is 4.99 Å². The van der Waals surface area contributed by atoms with Crippen molar-refractivity contribution in [2.75, 3.05) is 18.4 Å². The maximum Gasteiger partial charge on any atom is 0.220 e. The number of nitrogens with one attached hydrogen (secondary N) is 2. The fraction of sp³-hybridized carbons (Fsp3) is 0.235. The van der Waals surface area contributed by atoms with Crippen molar-refractivity contribution in [3.05, 3.63) is 41.9 Å². The lowest BCUT2D eigenvalue weighted by Crippen LogP contribution is -2.35. The lowest BCUT2D eigenvalue weighted by atomic mass is 10.2. The molecule has 132 valence electrons. The van der Waals surface area contributed by atoms with Crippen LogP contribution in [0.25, 0.3) is 11.3 Å². The number of hydrogen-bond acceptors (Lipinski definition) is 9. The van der Waals surface area contributed by atoms with Crippen LogP contribution in [0.2, 0.25) is 0 Å². The van der Waals surface area contributed by atoms with Crippen LogP contribution in [-0.2, 0) is 0 Å². The molecule has 0 aromatic carbocycles. The summed E-state index contributed by atoms with van der Waals surface area (Å²) in [7, 11) is 0. The van der Waals surface area contributed by atoms with Crippen molar-refractivity contribution in [3.63, 3.8) is 0 Å². The number of hydrogen-bond donors (Lipinski definition) is 2. The number of guanidine groups is 1. The first-order valence-electron chi connectivity index (χ1n) is 8.20. The summed E-state index contributed by atoms with van der Waals surface area (Å²) in [5, 5.41) is 9.21. The van der Waals surface area contributed by atoms with Crippen LogP contribution in [0.3, 0.4) is 0 Å². The van der Waals surface area contributed by atoms with Gasteiger partial charge in [-0.05, 0) is 19.4 Å². The zero-order chi connectivity index (χ0) is 17.8. The molecule has 2 N–H and O–H groups in total. The summed E-state index contributed by atoms with van der Waals surface area (Å²) in [6.45, 7) is 3.59. The second-order valence-electron chi connectivity index (χ2n) is 5.62. The molecule has 0 aliphatic carbocycles. The van der Waals surface area contributed by atoms with Crippen molar-refractivity contribution in [1.82, 2.24) is 25.3 Å². The Balaban J connectivity index is 1.49. The van der Waals surface area contributed by atoms with E-state index in [-0.39, 0.29) is 0 Å². The van der Waals surface area contributed by atoms with E-state index >= 15 is 0 Å². The maximum atomic E-state index is 5.72. The molecule has 9 heteroatoms. The molecule has 1 aliphatic rings. The molecule has 4 heterocycles. The molecule has 8 nitrogen and oxygen atoms in total. The van der Waals surface area contributed by atoms with Crippen LogP contribution in [0.15, 0.2) is 41.1 Å². The molecule has 3 aromatic rings. The smallest absolute Gasteiger partial charge is 0.220 e. The minimum absolute atomic E-state index is 0.468. The van der Waals surface area contributed by atoms with Crippen molar-refractivity contribution in [2.45, 2.75) is 13.3 Å². The lowest BCUT2D eigenvalue weighted by molar-refractivity contribution is 0.458. The van der Waals surface area contributed by atoms with Crippen LogP contribution in [0.1, 0.15) is 12.2 Å². The third-order valence-electron chi connectivity index (χ3n) is 3.64. The van der Waals surface area contributed by atoms with Crippen molar-refractivity contribution >= 4 is 22.4 Å². The van der Waals surface area contributed by atoms with Gasteiger partial charge >= 0.3 is 0 Å². The Morgan fingerprint density at radius 1 is 1.23 bits per heavy atom. The zero-order valence-electron chi connectivity index (χ0n) is 14.1. The van der Waals surface area contributed by atoms with Gasteiger partial charge in [-0.2, -0.15) is 0 Å². The number of anilines is 1. The van der Waals surface area contributed by atoms with E-state index in [1.807, 2.05) is 24.4 Å². The topological polar surface area (TPSA) is 97.2 Å². The Kier molecular flexibility index (Phi) is 4.69. The first-order valence-corrected chi connectivity index (χ1v) is 9.08. The highest BCUT2D eigenvalue weighted by atomic mass is 32.1. The summed E-state index contributed by atoms with van der Waals surface area (Å²) < 4.78 is 5.72. The summed E-state index contributed by atoms with van der Waals surface area (Å²) in [5.74, 6) is 2.48. The molecule has 3 aromatic heterocycles. The van der Waals surface area contributed by atoms with Crippen molar-refractivity contribution < 1.29 is 4.74 Å². The molecule has 1 aliphatic heterocycles. The Labute approximate surface area is 154 Å². The highest BCUT2D eigenvalue weighted by Crippen LogP contribution is 2.28. The minimum Gasteiger partial charge on any atom is -0.436 e. The molecule has 0 saturated carbocycles. The fourth-order valence-electron chi connectivity index (χ4n) is 2.36. The molecule has 0 amide bonds. The third-order valence-corrected chi connectivity index (χ3v) is 4.39. The van der Waals surface area contributed by atoms with E-state index in [1.165, 1.54) is 11.3 Å². The number of thiazole rings is 1. The summed E-state index contributed by atoms with van der Waals surface area (Å²) >= 11 is 1.53. The van der Waals surface area contributed by atoms with Gasteiger partial charge in [-0.15, -0.1) is 11.3 Å². The average Bonchev–Trinajstić information content (AvgIpc) is 3.13. The first-order chi connectivity index (χ1) is 12.8. The van der Waals surface area contributed by atoms with Gasteiger partial charge in [0.25, 0.3) is 0 Å². The SMILES string of the molecule is Cc1ncc(Oc2cc(-c3csc(NC4=NCCCN4)n3)ccn2)cn1. The molecular weight excluding hydrogens is 350 g/mol. The second kappa shape index (κ2) is 7.44. The van der Waals surface area contributed by atoms with Crippen LogP contribution >= 0.6 is 11.3 Å². The number of aromatic nitrogens is 4. The summed E-state index contributed by atoms with van der Waals surface area (Å²) in [6, 6.07) is 3.74. The zero-order valence-corrected chi connectivity index (χ0v) is 15.0. The van der Waals surface area contributed by atoms with E-state index < -0.39 is 0 Å². The summed E-state index contributed by atoms with van der Waals surface area (Å²) in [6.07, 6.45) is 6.00. The molecule has 0 unspecified atom stereocenters. The van der Waals surface area contributed by atoms with Crippen LogP contribution in [0, 0.1) is 6.92 Å². The largest absolute Gasteiger partial charge is 0.436 e. The monoisotopic (exact) mass is 367 g/mol. The van der Waals surface area contributed by atoms with Crippen molar-refractivity contribution in [3.8, 4) is 22.9 Å².